The SMILES string of the molecule is [c]1cnn(C2CCNCC2)c1C1CC1. The maximum atomic E-state index is 4.43. The van der Waals surface area contributed by atoms with E-state index in [1.165, 1.54) is 31.4 Å². The molecule has 1 saturated heterocycles. The standard InChI is InChI=1S/C11H16N3/c1-2-9(1)11-5-8-13-14(11)10-3-6-12-7-4-10/h8-10,12H,1-4,6-7H2. The number of nitrogens with zero attached hydrogens (tertiary/aromatic N) is 2. The smallest absolute Gasteiger partial charge is 0.0572 e. The van der Waals surface area contributed by atoms with Gasteiger partial charge in [0.05, 0.1) is 12.2 Å². The summed E-state index contributed by atoms with van der Waals surface area (Å²) in [7, 11) is 0. The van der Waals surface area contributed by atoms with Crippen molar-refractivity contribution in [3.05, 3.63) is 18.0 Å². The molecule has 1 aromatic heterocycles. The summed E-state index contributed by atoms with van der Waals surface area (Å²) in [5.74, 6) is 0.771. The van der Waals surface area contributed by atoms with Gasteiger partial charge in [0.15, 0.2) is 0 Å². The van der Waals surface area contributed by atoms with Crippen LogP contribution in [0.3, 0.4) is 0 Å². The van der Waals surface area contributed by atoms with E-state index in [1.54, 1.807) is 0 Å². The minimum atomic E-state index is 0.623. The number of piperidine rings is 1. The largest absolute Gasteiger partial charge is 0.317 e. The van der Waals surface area contributed by atoms with Gasteiger partial charge in [-0.05, 0) is 38.8 Å². The third-order valence-corrected chi connectivity index (χ3v) is 3.26. The highest BCUT2D eigenvalue weighted by Gasteiger charge is 2.29. The highest BCUT2D eigenvalue weighted by Crippen LogP contribution is 2.40. The highest BCUT2D eigenvalue weighted by atomic mass is 15.3. The summed E-state index contributed by atoms with van der Waals surface area (Å²) in [6, 6.07) is 3.92. The molecule has 0 spiro atoms. The van der Waals surface area contributed by atoms with Crippen molar-refractivity contribution in [2.75, 3.05) is 13.1 Å². The van der Waals surface area contributed by atoms with Crippen molar-refractivity contribution in [3.63, 3.8) is 0 Å². The number of hydrogen-bond acceptors (Lipinski definition) is 2. The summed E-state index contributed by atoms with van der Waals surface area (Å²) in [6.07, 6.45) is 6.96. The van der Waals surface area contributed by atoms with E-state index in [0.29, 0.717) is 6.04 Å². The molecule has 1 radical (unpaired) electrons. The van der Waals surface area contributed by atoms with E-state index in [4.69, 9.17) is 0 Å². The lowest BCUT2D eigenvalue weighted by molar-refractivity contribution is 0.335. The first kappa shape index (κ1) is 8.48. The number of hydrogen-bond donors (Lipinski definition) is 1. The molecule has 3 heteroatoms. The molecule has 0 amide bonds. The highest BCUT2D eigenvalue weighted by molar-refractivity contribution is 5.13. The molecule has 1 saturated carbocycles. The van der Waals surface area contributed by atoms with Crippen LogP contribution in [0.5, 0.6) is 0 Å². The van der Waals surface area contributed by atoms with Gasteiger partial charge < -0.3 is 5.32 Å². The fourth-order valence-electron chi connectivity index (χ4n) is 2.29. The first-order valence-electron chi connectivity index (χ1n) is 5.61. The Bertz CT molecular complexity index is 308. The number of aromatic nitrogens is 2. The predicted molar refractivity (Wildman–Crippen MR) is 54.2 cm³/mol. The fourth-order valence-corrected chi connectivity index (χ4v) is 2.29. The molecule has 1 N–H and O–H groups in total. The zero-order chi connectivity index (χ0) is 9.38. The summed E-state index contributed by atoms with van der Waals surface area (Å²) in [5, 5.41) is 7.82. The number of nitrogens with one attached hydrogen (secondary N) is 1. The molecule has 75 valence electrons. The molecule has 0 atom stereocenters. The molecule has 0 aromatic carbocycles. The Labute approximate surface area is 84.5 Å². The van der Waals surface area contributed by atoms with Gasteiger partial charge in [0, 0.05) is 17.7 Å². The van der Waals surface area contributed by atoms with Gasteiger partial charge in [-0.3, -0.25) is 4.68 Å². The van der Waals surface area contributed by atoms with Crippen molar-refractivity contribution in [1.82, 2.24) is 15.1 Å². The lowest BCUT2D eigenvalue weighted by atomic mass is 10.1. The Hall–Kier alpha value is -0.830. The van der Waals surface area contributed by atoms with Crippen LogP contribution in [0.25, 0.3) is 0 Å². The molecular weight excluding hydrogens is 174 g/mol. The van der Waals surface area contributed by atoms with Crippen LogP contribution in [-0.2, 0) is 0 Å². The second kappa shape index (κ2) is 3.39. The average molecular weight is 190 g/mol. The lowest BCUT2D eigenvalue weighted by Crippen LogP contribution is -2.30. The summed E-state index contributed by atoms with van der Waals surface area (Å²) in [4.78, 5) is 0. The van der Waals surface area contributed by atoms with E-state index in [9.17, 15) is 0 Å². The van der Waals surface area contributed by atoms with E-state index < -0.39 is 0 Å². The van der Waals surface area contributed by atoms with Gasteiger partial charge in [0.1, 0.15) is 0 Å². The maximum absolute atomic E-state index is 4.43. The van der Waals surface area contributed by atoms with Crippen LogP contribution < -0.4 is 5.32 Å². The quantitative estimate of drug-likeness (QED) is 0.765. The molecule has 0 unspecified atom stereocenters. The summed E-state index contributed by atoms with van der Waals surface area (Å²) >= 11 is 0. The zero-order valence-electron chi connectivity index (χ0n) is 8.37. The molecule has 2 heterocycles. The Balaban J connectivity index is 1.82. The van der Waals surface area contributed by atoms with E-state index in [-0.39, 0.29) is 0 Å². The van der Waals surface area contributed by atoms with Crippen molar-refractivity contribution in [2.45, 2.75) is 37.6 Å². The van der Waals surface area contributed by atoms with Gasteiger partial charge in [-0.25, -0.2) is 0 Å². The molecule has 2 aliphatic rings. The third kappa shape index (κ3) is 1.46. The van der Waals surface area contributed by atoms with Crippen molar-refractivity contribution >= 4 is 0 Å². The Morgan fingerprint density at radius 1 is 1.29 bits per heavy atom. The van der Waals surface area contributed by atoms with Crippen molar-refractivity contribution in [1.29, 1.82) is 0 Å². The van der Waals surface area contributed by atoms with Crippen LogP contribution in [-0.4, -0.2) is 22.9 Å². The van der Waals surface area contributed by atoms with E-state index >= 15 is 0 Å². The van der Waals surface area contributed by atoms with Gasteiger partial charge >= 0.3 is 0 Å². The van der Waals surface area contributed by atoms with Gasteiger partial charge in [0.2, 0.25) is 0 Å². The van der Waals surface area contributed by atoms with Crippen molar-refractivity contribution in [3.8, 4) is 0 Å². The summed E-state index contributed by atoms with van der Waals surface area (Å²) in [5.41, 5.74) is 1.36. The van der Waals surface area contributed by atoms with Crippen LogP contribution in [0.4, 0.5) is 0 Å². The first-order valence-corrected chi connectivity index (χ1v) is 5.61. The fraction of sp³-hybridized carbons (Fsp3) is 0.727. The van der Waals surface area contributed by atoms with Crippen LogP contribution in [0.2, 0.25) is 0 Å². The van der Waals surface area contributed by atoms with E-state index in [1.807, 2.05) is 6.20 Å². The second-order valence-electron chi connectivity index (χ2n) is 4.37. The summed E-state index contributed by atoms with van der Waals surface area (Å²) < 4.78 is 2.23. The van der Waals surface area contributed by atoms with Gasteiger partial charge in [-0.2, -0.15) is 5.10 Å². The first-order chi connectivity index (χ1) is 6.95. The van der Waals surface area contributed by atoms with E-state index in [2.05, 4.69) is 21.2 Å². The molecular formula is C11H16N3. The van der Waals surface area contributed by atoms with Gasteiger partial charge in [-0.1, -0.05) is 0 Å². The van der Waals surface area contributed by atoms with Gasteiger partial charge in [0.25, 0.3) is 0 Å². The minimum Gasteiger partial charge on any atom is -0.317 e. The molecule has 3 nitrogen and oxygen atoms in total. The normalized spacial score (nSPS) is 24.0. The van der Waals surface area contributed by atoms with E-state index in [0.717, 1.165) is 19.0 Å². The van der Waals surface area contributed by atoms with Crippen LogP contribution in [0.15, 0.2) is 6.20 Å². The predicted octanol–water partition coefficient (Wildman–Crippen LogP) is 1.49. The average Bonchev–Trinajstić information content (AvgIpc) is 2.98. The van der Waals surface area contributed by atoms with Gasteiger partial charge in [-0.15, -0.1) is 0 Å². The molecule has 2 fully saturated rings. The van der Waals surface area contributed by atoms with Crippen molar-refractivity contribution in [2.24, 2.45) is 0 Å². The minimum absolute atomic E-state index is 0.623. The lowest BCUT2D eigenvalue weighted by Gasteiger charge is -2.24. The van der Waals surface area contributed by atoms with Crippen LogP contribution in [0, 0.1) is 6.07 Å². The molecule has 0 bridgehead atoms. The van der Waals surface area contributed by atoms with Crippen LogP contribution in [0.1, 0.15) is 43.3 Å². The molecule has 1 aromatic rings. The van der Waals surface area contributed by atoms with Crippen molar-refractivity contribution < 1.29 is 0 Å². The molecule has 14 heavy (non-hydrogen) atoms. The van der Waals surface area contributed by atoms with Crippen LogP contribution >= 0.6 is 0 Å². The molecule has 3 rings (SSSR count). The monoisotopic (exact) mass is 190 g/mol. The zero-order valence-corrected chi connectivity index (χ0v) is 8.37. The summed E-state index contributed by atoms with van der Waals surface area (Å²) in [6.45, 7) is 2.27. The maximum Gasteiger partial charge on any atom is 0.0572 e. The number of rotatable bonds is 2. The second-order valence-corrected chi connectivity index (χ2v) is 4.37. The Morgan fingerprint density at radius 3 is 2.79 bits per heavy atom. The third-order valence-electron chi connectivity index (χ3n) is 3.26. The molecule has 1 aliphatic heterocycles. The Kier molecular flexibility index (Phi) is 2.05. The Morgan fingerprint density at radius 2 is 2.07 bits per heavy atom. The molecule has 1 aliphatic carbocycles. The topological polar surface area (TPSA) is 29.9 Å².